The van der Waals surface area contributed by atoms with Crippen molar-refractivity contribution in [1.29, 1.82) is 0 Å². The number of benzene rings is 1. The van der Waals surface area contributed by atoms with E-state index < -0.39 is 0 Å². The fraction of sp³-hybridized carbons (Fsp3) is 0.250. The van der Waals surface area contributed by atoms with Crippen LogP contribution in [0.5, 0.6) is 0 Å². The number of hydrogen-bond donors (Lipinski definition) is 1. The summed E-state index contributed by atoms with van der Waals surface area (Å²) in [6, 6.07) is 6.12. The first-order valence-corrected chi connectivity index (χ1v) is 4.46. The average Bonchev–Trinajstić information content (AvgIpc) is 1.95. The molecule has 0 bridgehead atoms. The van der Waals surface area contributed by atoms with E-state index in [2.05, 4.69) is 41.5 Å². The Kier molecular flexibility index (Phi) is 2.81. The number of hydrogen-bond acceptors (Lipinski definition) is 1. The van der Waals surface area contributed by atoms with Crippen molar-refractivity contribution < 1.29 is 0 Å². The van der Waals surface area contributed by atoms with E-state index in [9.17, 15) is 0 Å². The van der Waals surface area contributed by atoms with Crippen molar-refractivity contribution in [3.05, 3.63) is 28.2 Å². The predicted molar refractivity (Wildman–Crippen MR) is 50.8 cm³/mol. The SMILES string of the molecule is CCc1cccc(Br)c1S. The average molecular weight is 217 g/mol. The monoisotopic (exact) mass is 216 g/mol. The van der Waals surface area contributed by atoms with Crippen molar-refractivity contribution in [3.8, 4) is 0 Å². The molecule has 54 valence electrons. The highest BCUT2D eigenvalue weighted by Crippen LogP contribution is 2.24. The predicted octanol–water partition coefficient (Wildman–Crippen LogP) is 3.30. The summed E-state index contributed by atoms with van der Waals surface area (Å²) in [7, 11) is 0. The molecule has 0 aliphatic heterocycles. The third kappa shape index (κ3) is 1.55. The molecule has 0 aliphatic carbocycles. The summed E-state index contributed by atoms with van der Waals surface area (Å²) in [5.41, 5.74) is 1.29. The van der Waals surface area contributed by atoms with Gasteiger partial charge in [0, 0.05) is 9.37 Å². The quantitative estimate of drug-likeness (QED) is 0.685. The second-order valence-corrected chi connectivity index (χ2v) is 3.40. The molecule has 1 aromatic carbocycles. The number of halogens is 1. The summed E-state index contributed by atoms with van der Waals surface area (Å²) in [5.74, 6) is 0. The molecule has 0 saturated carbocycles. The van der Waals surface area contributed by atoms with Crippen LogP contribution in [0.3, 0.4) is 0 Å². The zero-order valence-electron chi connectivity index (χ0n) is 5.76. The zero-order chi connectivity index (χ0) is 7.56. The molecular formula is C8H9BrS. The number of rotatable bonds is 1. The van der Waals surface area contributed by atoms with Crippen LogP contribution in [0, 0.1) is 0 Å². The first kappa shape index (κ1) is 8.15. The lowest BCUT2D eigenvalue weighted by molar-refractivity contribution is 1.08. The van der Waals surface area contributed by atoms with Gasteiger partial charge in [0.2, 0.25) is 0 Å². The van der Waals surface area contributed by atoms with Crippen LogP contribution in [-0.4, -0.2) is 0 Å². The minimum Gasteiger partial charge on any atom is -0.142 e. The zero-order valence-corrected chi connectivity index (χ0v) is 8.24. The Hall–Kier alpha value is 0.0500. The molecule has 0 N–H and O–H groups in total. The fourth-order valence-corrected chi connectivity index (χ4v) is 1.56. The Morgan fingerprint density at radius 3 is 2.70 bits per heavy atom. The fourth-order valence-electron chi connectivity index (χ4n) is 0.845. The van der Waals surface area contributed by atoms with Crippen LogP contribution in [0.25, 0.3) is 0 Å². The summed E-state index contributed by atoms with van der Waals surface area (Å²) in [6.45, 7) is 2.13. The van der Waals surface area contributed by atoms with Crippen LogP contribution in [0.4, 0.5) is 0 Å². The van der Waals surface area contributed by atoms with Gasteiger partial charge in [-0.2, -0.15) is 0 Å². The second kappa shape index (κ2) is 3.44. The van der Waals surface area contributed by atoms with Crippen molar-refractivity contribution in [2.45, 2.75) is 18.2 Å². The maximum Gasteiger partial charge on any atom is 0.0311 e. The topological polar surface area (TPSA) is 0 Å². The molecule has 0 spiro atoms. The smallest absolute Gasteiger partial charge is 0.0311 e. The van der Waals surface area contributed by atoms with Crippen molar-refractivity contribution >= 4 is 28.6 Å². The van der Waals surface area contributed by atoms with E-state index in [0.717, 1.165) is 15.8 Å². The van der Waals surface area contributed by atoms with Crippen LogP contribution in [0.15, 0.2) is 27.6 Å². The van der Waals surface area contributed by atoms with E-state index in [4.69, 9.17) is 0 Å². The highest BCUT2D eigenvalue weighted by Gasteiger charge is 1.98. The summed E-state index contributed by atoms with van der Waals surface area (Å²) < 4.78 is 1.08. The lowest BCUT2D eigenvalue weighted by Gasteiger charge is -2.01. The molecule has 0 heterocycles. The molecule has 1 aromatic rings. The van der Waals surface area contributed by atoms with Crippen molar-refractivity contribution in [3.63, 3.8) is 0 Å². The maximum absolute atomic E-state index is 4.34. The molecule has 10 heavy (non-hydrogen) atoms. The van der Waals surface area contributed by atoms with Gasteiger partial charge in [-0.1, -0.05) is 19.1 Å². The van der Waals surface area contributed by atoms with E-state index in [0.29, 0.717) is 0 Å². The molecule has 0 nitrogen and oxygen atoms in total. The molecule has 0 saturated heterocycles. The van der Waals surface area contributed by atoms with Gasteiger partial charge in [-0.15, -0.1) is 12.6 Å². The summed E-state index contributed by atoms with van der Waals surface area (Å²) in [5, 5.41) is 0. The van der Waals surface area contributed by atoms with E-state index >= 15 is 0 Å². The Balaban J connectivity index is 3.14. The Labute approximate surface area is 75.2 Å². The minimum absolute atomic E-state index is 1.04. The van der Waals surface area contributed by atoms with Crippen molar-refractivity contribution in [2.24, 2.45) is 0 Å². The largest absolute Gasteiger partial charge is 0.142 e. The van der Waals surface area contributed by atoms with Gasteiger partial charge in [0.1, 0.15) is 0 Å². The summed E-state index contributed by atoms with van der Waals surface area (Å²) in [6.07, 6.45) is 1.04. The Morgan fingerprint density at radius 1 is 1.50 bits per heavy atom. The van der Waals surface area contributed by atoms with Crippen molar-refractivity contribution in [2.75, 3.05) is 0 Å². The first-order chi connectivity index (χ1) is 4.75. The Morgan fingerprint density at radius 2 is 2.20 bits per heavy atom. The summed E-state index contributed by atoms with van der Waals surface area (Å²) in [4.78, 5) is 1.06. The van der Waals surface area contributed by atoms with Gasteiger partial charge in [0.25, 0.3) is 0 Å². The van der Waals surface area contributed by atoms with Gasteiger partial charge in [-0.3, -0.25) is 0 Å². The van der Waals surface area contributed by atoms with Gasteiger partial charge in [0.15, 0.2) is 0 Å². The Bertz CT molecular complexity index is 233. The minimum atomic E-state index is 1.04. The lowest BCUT2D eigenvalue weighted by Crippen LogP contribution is -1.82. The van der Waals surface area contributed by atoms with E-state index in [1.807, 2.05) is 12.1 Å². The van der Waals surface area contributed by atoms with Crippen LogP contribution in [0.1, 0.15) is 12.5 Å². The van der Waals surface area contributed by atoms with Gasteiger partial charge in [-0.25, -0.2) is 0 Å². The van der Waals surface area contributed by atoms with Crippen molar-refractivity contribution in [1.82, 2.24) is 0 Å². The number of aryl methyl sites for hydroxylation is 1. The third-order valence-electron chi connectivity index (χ3n) is 1.45. The standard InChI is InChI=1S/C8H9BrS/c1-2-6-4-3-5-7(9)8(6)10/h3-5,10H,2H2,1H3. The van der Waals surface area contributed by atoms with Crippen LogP contribution in [-0.2, 0) is 6.42 Å². The molecule has 0 amide bonds. The molecule has 2 heteroatoms. The lowest BCUT2D eigenvalue weighted by atomic mass is 10.2. The number of thiol groups is 1. The molecule has 0 aliphatic rings. The molecule has 0 atom stereocenters. The van der Waals surface area contributed by atoms with E-state index in [-0.39, 0.29) is 0 Å². The molecule has 0 unspecified atom stereocenters. The van der Waals surface area contributed by atoms with E-state index in [1.54, 1.807) is 0 Å². The van der Waals surface area contributed by atoms with Gasteiger partial charge < -0.3 is 0 Å². The third-order valence-corrected chi connectivity index (χ3v) is 2.95. The van der Waals surface area contributed by atoms with Crippen LogP contribution >= 0.6 is 28.6 Å². The molecule has 0 radical (unpaired) electrons. The normalized spacial score (nSPS) is 9.90. The van der Waals surface area contributed by atoms with E-state index in [1.165, 1.54) is 5.56 Å². The van der Waals surface area contributed by atoms with Gasteiger partial charge in [0.05, 0.1) is 0 Å². The highest BCUT2D eigenvalue weighted by molar-refractivity contribution is 9.10. The first-order valence-electron chi connectivity index (χ1n) is 3.22. The van der Waals surface area contributed by atoms with Crippen LogP contribution in [0.2, 0.25) is 0 Å². The van der Waals surface area contributed by atoms with Gasteiger partial charge >= 0.3 is 0 Å². The highest BCUT2D eigenvalue weighted by atomic mass is 79.9. The van der Waals surface area contributed by atoms with Crippen LogP contribution < -0.4 is 0 Å². The summed E-state index contributed by atoms with van der Waals surface area (Å²) >= 11 is 7.75. The molecule has 1 rings (SSSR count). The maximum atomic E-state index is 4.34. The molecular weight excluding hydrogens is 208 g/mol. The molecule has 0 aromatic heterocycles. The second-order valence-electron chi connectivity index (χ2n) is 2.10. The molecule has 0 fully saturated rings. The van der Waals surface area contributed by atoms with Gasteiger partial charge in [-0.05, 0) is 34.0 Å².